The van der Waals surface area contributed by atoms with Crippen LogP contribution in [0.1, 0.15) is 25.3 Å². The summed E-state index contributed by atoms with van der Waals surface area (Å²) in [4.78, 5) is 10.2. The van der Waals surface area contributed by atoms with Gasteiger partial charge in [0.05, 0.1) is 4.92 Å². The third-order valence-corrected chi connectivity index (χ3v) is 3.85. The number of nitrogens with zero attached hydrogens (tertiary/aromatic N) is 1. The van der Waals surface area contributed by atoms with E-state index in [-0.39, 0.29) is 12.3 Å². The molecule has 0 bridgehead atoms. The van der Waals surface area contributed by atoms with Crippen LogP contribution in [0.5, 0.6) is 0 Å². The summed E-state index contributed by atoms with van der Waals surface area (Å²) >= 11 is 3.35. The number of halogens is 1. The zero-order valence-electron chi connectivity index (χ0n) is 10.9. The Bertz CT molecular complexity index is 426. The fourth-order valence-corrected chi connectivity index (χ4v) is 2.34. The maximum atomic E-state index is 10.6. The Hall–Kier alpha value is -0.980. The fraction of sp³-hybridized carbons (Fsp3) is 0.538. The van der Waals surface area contributed by atoms with Gasteiger partial charge in [0, 0.05) is 29.8 Å². The van der Waals surface area contributed by atoms with E-state index in [4.69, 9.17) is 5.11 Å². The number of nitrogens with one attached hydrogen (secondary N) is 1. The van der Waals surface area contributed by atoms with Crippen molar-refractivity contribution in [3.8, 4) is 0 Å². The zero-order valence-corrected chi connectivity index (χ0v) is 12.5. The van der Waals surface area contributed by atoms with E-state index in [0.29, 0.717) is 12.5 Å². The number of nitro groups is 1. The van der Waals surface area contributed by atoms with E-state index in [0.717, 1.165) is 29.4 Å². The van der Waals surface area contributed by atoms with E-state index >= 15 is 0 Å². The highest BCUT2D eigenvalue weighted by atomic mass is 79.9. The van der Waals surface area contributed by atoms with Gasteiger partial charge in [-0.05, 0) is 30.5 Å². The molecule has 1 aromatic carbocycles. The molecule has 0 aromatic heterocycles. The van der Waals surface area contributed by atoms with Crippen molar-refractivity contribution in [2.75, 3.05) is 13.2 Å². The van der Waals surface area contributed by atoms with Crippen LogP contribution in [-0.4, -0.2) is 23.2 Å². The topological polar surface area (TPSA) is 75.4 Å². The van der Waals surface area contributed by atoms with Crippen molar-refractivity contribution in [1.29, 1.82) is 0 Å². The molecule has 0 aliphatic heterocycles. The second-order valence-corrected chi connectivity index (χ2v) is 5.30. The molecule has 0 saturated heterocycles. The number of nitro benzene ring substituents is 1. The molecule has 0 fully saturated rings. The third kappa shape index (κ3) is 5.26. The summed E-state index contributed by atoms with van der Waals surface area (Å²) in [5.74, 6) is 0.460. The van der Waals surface area contributed by atoms with Crippen LogP contribution in [0.2, 0.25) is 0 Å². The lowest BCUT2D eigenvalue weighted by atomic mass is 10.0. The Morgan fingerprint density at radius 3 is 2.79 bits per heavy atom. The van der Waals surface area contributed by atoms with Crippen LogP contribution >= 0.6 is 15.9 Å². The fourth-order valence-electron chi connectivity index (χ4n) is 1.84. The molecule has 6 heteroatoms. The van der Waals surface area contributed by atoms with E-state index in [9.17, 15) is 10.1 Å². The lowest BCUT2D eigenvalue weighted by Gasteiger charge is -2.14. The van der Waals surface area contributed by atoms with Crippen LogP contribution in [0.25, 0.3) is 0 Å². The number of rotatable bonds is 8. The van der Waals surface area contributed by atoms with Crippen molar-refractivity contribution in [2.24, 2.45) is 5.92 Å². The highest BCUT2D eigenvalue weighted by molar-refractivity contribution is 9.10. The van der Waals surface area contributed by atoms with Crippen LogP contribution in [0, 0.1) is 16.0 Å². The van der Waals surface area contributed by atoms with Gasteiger partial charge in [-0.15, -0.1) is 0 Å². The second kappa shape index (κ2) is 8.24. The molecule has 5 nitrogen and oxygen atoms in total. The summed E-state index contributed by atoms with van der Waals surface area (Å²) in [5, 5.41) is 22.9. The molecule has 2 N–H and O–H groups in total. The molecule has 0 aliphatic carbocycles. The number of hydrogen-bond acceptors (Lipinski definition) is 4. The van der Waals surface area contributed by atoms with Crippen LogP contribution in [-0.2, 0) is 6.54 Å². The van der Waals surface area contributed by atoms with Gasteiger partial charge in [0.2, 0.25) is 0 Å². The van der Waals surface area contributed by atoms with E-state index in [2.05, 4.69) is 28.2 Å². The highest BCUT2D eigenvalue weighted by Gasteiger charge is 2.10. The quantitative estimate of drug-likeness (QED) is 0.567. The normalized spacial score (nSPS) is 12.4. The van der Waals surface area contributed by atoms with Gasteiger partial charge in [-0.1, -0.05) is 29.3 Å². The van der Waals surface area contributed by atoms with Gasteiger partial charge in [-0.3, -0.25) is 10.1 Å². The maximum absolute atomic E-state index is 10.6. The molecular formula is C13H19BrN2O3. The Morgan fingerprint density at radius 2 is 2.26 bits per heavy atom. The van der Waals surface area contributed by atoms with Gasteiger partial charge in [-0.2, -0.15) is 0 Å². The molecule has 0 saturated carbocycles. The molecule has 19 heavy (non-hydrogen) atoms. The lowest BCUT2D eigenvalue weighted by molar-refractivity contribution is -0.384. The SMILES string of the molecule is CCC(CCO)CNCc1ccc([N+](=O)[O-])cc1Br. The monoisotopic (exact) mass is 330 g/mol. The average molecular weight is 331 g/mol. The van der Waals surface area contributed by atoms with Crippen molar-refractivity contribution in [3.63, 3.8) is 0 Å². The minimum Gasteiger partial charge on any atom is -0.396 e. The predicted octanol–water partition coefficient (Wildman–Crippen LogP) is 2.86. The van der Waals surface area contributed by atoms with Crippen LogP contribution in [0.4, 0.5) is 5.69 Å². The molecular weight excluding hydrogens is 312 g/mol. The first-order valence-corrected chi connectivity index (χ1v) is 7.12. The molecule has 1 rings (SSSR count). The maximum Gasteiger partial charge on any atom is 0.270 e. The Labute approximate surface area is 121 Å². The van der Waals surface area contributed by atoms with Crippen molar-refractivity contribution >= 4 is 21.6 Å². The first-order chi connectivity index (χ1) is 9.08. The minimum atomic E-state index is -0.406. The predicted molar refractivity (Wildman–Crippen MR) is 78.0 cm³/mol. The van der Waals surface area contributed by atoms with Gasteiger partial charge in [0.1, 0.15) is 0 Å². The molecule has 0 spiro atoms. The zero-order chi connectivity index (χ0) is 14.3. The lowest BCUT2D eigenvalue weighted by Crippen LogP contribution is -2.23. The first-order valence-electron chi connectivity index (χ1n) is 6.32. The van der Waals surface area contributed by atoms with Gasteiger partial charge in [-0.25, -0.2) is 0 Å². The van der Waals surface area contributed by atoms with Crippen molar-refractivity contribution in [1.82, 2.24) is 5.32 Å². The number of hydrogen-bond donors (Lipinski definition) is 2. The highest BCUT2D eigenvalue weighted by Crippen LogP contribution is 2.22. The summed E-state index contributed by atoms with van der Waals surface area (Å²) < 4.78 is 0.740. The molecule has 0 radical (unpaired) electrons. The molecule has 106 valence electrons. The Morgan fingerprint density at radius 1 is 1.53 bits per heavy atom. The molecule has 1 atom stereocenters. The summed E-state index contributed by atoms with van der Waals surface area (Å²) in [6.45, 7) is 3.80. The Balaban J connectivity index is 2.51. The smallest absolute Gasteiger partial charge is 0.270 e. The number of aliphatic hydroxyl groups is 1. The van der Waals surface area contributed by atoms with Gasteiger partial charge in [0.25, 0.3) is 5.69 Å². The average Bonchev–Trinajstić information content (AvgIpc) is 2.39. The van der Waals surface area contributed by atoms with Gasteiger partial charge < -0.3 is 10.4 Å². The minimum absolute atomic E-state index is 0.0855. The summed E-state index contributed by atoms with van der Waals surface area (Å²) in [5.41, 5.74) is 1.08. The van der Waals surface area contributed by atoms with Gasteiger partial charge in [0.15, 0.2) is 0 Å². The molecule has 0 amide bonds. The number of benzene rings is 1. The van der Waals surface area contributed by atoms with Crippen LogP contribution in [0.3, 0.4) is 0 Å². The summed E-state index contributed by atoms with van der Waals surface area (Å²) in [7, 11) is 0. The van der Waals surface area contributed by atoms with Crippen molar-refractivity contribution < 1.29 is 10.0 Å². The molecule has 1 unspecified atom stereocenters. The van der Waals surface area contributed by atoms with E-state index < -0.39 is 4.92 Å². The van der Waals surface area contributed by atoms with Crippen LogP contribution in [0.15, 0.2) is 22.7 Å². The van der Waals surface area contributed by atoms with Crippen molar-refractivity contribution in [3.05, 3.63) is 38.3 Å². The molecule has 1 aromatic rings. The first kappa shape index (κ1) is 16.1. The number of non-ortho nitro benzene ring substituents is 1. The van der Waals surface area contributed by atoms with Crippen LogP contribution < -0.4 is 5.32 Å². The van der Waals surface area contributed by atoms with E-state index in [1.807, 2.05) is 0 Å². The van der Waals surface area contributed by atoms with E-state index in [1.54, 1.807) is 6.07 Å². The summed E-state index contributed by atoms with van der Waals surface area (Å²) in [6, 6.07) is 4.77. The Kier molecular flexibility index (Phi) is 6.97. The standard InChI is InChI=1S/C13H19BrN2O3/c1-2-10(5-6-17)8-15-9-11-3-4-12(16(18)19)7-13(11)14/h3-4,7,10,15,17H,2,5-6,8-9H2,1H3. The third-order valence-electron chi connectivity index (χ3n) is 3.11. The second-order valence-electron chi connectivity index (χ2n) is 4.45. The number of aliphatic hydroxyl groups excluding tert-OH is 1. The van der Waals surface area contributed by atoms with E-state index in [1.165, 1.54) is 12.1 Å². The molecule has 0 heterocycles. The largest absolute Gasteiger partial charge is 0.396 e. The van der Waals surface area contributed by atoms with Gasteiger partial charge >= 0.3 is 0 Å². The molecule has 0 aliphatic rings. The van der Waals surface area contributed by atoms with Crippen molar-refractivity contribution in [2.45, 2.75) is 26.3 Å². The summed E-state index contributed by atoms with van der Waals surface area (Å²) in [6.07, 6.45) is 1.82.